The van der Waals surface area contributed by atoms with Crippen LogP contribution in [0.3, 0.4) is 0 Å². The predicted molar refractivity (Wildman–Crippen MR) is 89.1 cm³/mol. The molecule has 23 heavy (non-hydrogen) atoms. The number of nitrogens with one attached hydrogen (secondary N) is 1. The average Bonchev–Trinajstić information content (AvgIpc) is 3.11. The number of aliphatic hydroxyl groups is 1. The second kappa shape index (κ2) is 7.62. The van der Waals surface area contributed by atoms with Crippen LogP contribution in [-0.4, -0.2) is 33.4 Å². The van der Waals surface area contributed by atoms with Crippen molar-refractivity contribution in [3.63, 3.8) is 0 Å². The molecule has 1 saturated heterocycles. The molecule has 5 nitrogen and oxygen atoms in total. The van der Waals surface area contributed by atoms with Gasteiger partial charge in [0.05, 0.1) is 24.9 Å². The molecule has 1 aliphatic rings. The average molecular weight is 315 g/mol. The Morgan fingerprint density at radius 1 is 1.35 bits per heavy atom. The minimum absolute atomic E-state index is 0.00709. The Balaban J connectivity index is 1.76. The van der Waals surface area contributed by atoms with Gasteiger partial charge in [0.2, 0.25) is 0 Å². The van der Waals surface area contributed by atoms with Crippen LogP contribution in [0.1, 0.15) is 49.0 Å². The summed E-state index contributed by atoms with van der Waals surface area (Å²) >= 11 is 0. The summed E-state index contributed by atoms with van der Waals surface area (Å²) in [5.74, 6) is 0.780. The fourth-order valence-electron chi connectivity index (χ4n) is 3.37. The summed E-state index contributed by atoms with van der Waals surface area (Å²) in [6.07, 6.45) is 5.47. The van der Waals surface area contributed by atoms with Gasteiger partial charge in [-0.05, 0) is 50.1 Å². The molecule has 0 unspecified atom stereocenters. The fourth-order valence-corrected chi connectivity index (χ4v) is 3.37. The largest absolute Gasteiger partial charge is 0.494 e. The van der Waals surface area contributed by atoms with Gasteiger partial charge in [-0.2, -0.15) is 5.10 Å². The molecule has 1 aliphatic heterocycles. The first-order chi connectivity index (χ1) is 11.3. The van der Waals surface area contributed by atoms with Crippen LogP contribution in [0.4, 0.5) is 0 Å². The first kappa shape index (κ1) is 16.0. The van der Waals surface area contributed by atoms with Gasteiger partial charge in [0, 0.05) is 18.3 Å². The first-order valence-corrected chi connectivity index (χ1v) is 8.40. The Labute approximate surface area is 137 Å². The Morgan fingerprint density at radius 3 is 3.00 bits per heavy atom. The molecule has 5 heteroatoms. The smallest absolute Gasteiger partial charge is 0.124 e. The normalized spacial score (nSPS) is 19.0. The highest BCUT2D eigenvalue weighted by molar-refractivity contribution is 5.37. The summed E-state index contributed by atoms with van der Waals surface area (Å²) in [5.41, 5.74) is 3.27. The van der Waals surface area contributed by atoms with Crippen LogP contribution in [0.25, 0.3) is 0 Å². The lowest BCUT2D eigenvalue weighted by atomic mass is 9.98. The number of rotatable bonds is 6. The third kappa shape index (κ3) is 3.74. The summed E-state index contributed by atoms with van der Waals surface area (Å²) in [6, 6.07) is 8.60. The number of benzene rings is 1. The zero-order valence-electron chi connectivity index (χ0n) is 13.7. The highest BCUT2D eigenvalue weighted by Crippen LogP contribution is 2.31. The van der Waals surface area contributed by atoms with Gasteiger partial charge in [0.15, 0.2) is 0 Å². The summed E-state index contributed by atoms with van der Waals surface area (Å²) in [7, 11) is 0. The summed E-state index contributed by atoms with van der Waals surface area (Å²) in [5, 5.41) is 16.8. The summed E-state index contributed by atoms with van der Waals surface area (Å²) < 4.78 is 5.57. The number of ether oxygens (including phenoxy) is 1. The van der Waals surface area contributed by atoms with Crippen LogP contribution < -0.4 is 4.74 Å². The van der Waals surface area contributed by atoms with E-state index in [1.54, 1.807) is 0 Å². The van der Waals surface area contributed by atoms with Gasteiger partial charge in [-0.3, -0.25) is 10.00 Å². The quantitative estimate of drug-likeness (QED) is 0.860. The lowest BCUT2D eigenvalue weighted by Gasteiger charge is -2.35. The lowest BCUT2D eigenvalue weighted by molar-refractivity contribution is 0.137. The van der Waals surface area contributed by atoms with Crippen molar-refractivity contribution >= 4 is 0 Å². The third-order valence-electron chi connectivity index (χ3n) is 4.48. The number of aliphatic hydroxyl groups excluding tert-OH is 1. The second-order valence-electron chi connectivity index (χ2n) is 6.03. The molecule has 1 atom stereocenters. The van der Waals surface area contributed by atoms with Crippen LogP contribution in [0, 0.1) is 0 Å². The van der Waals surface area contributed by atoms with E-state index in [1.807, 2.05) is 19.2 Å². The molecular weight excluding hydrogens is 290 g/mol. The van der Waals surface area contributed by atoms with Crippen molar-refractivity contribution < 1.29 is 9.84 Å². The number of aromatic nitrogens is 2. The molecule has 1 aromatic carbocycles. The Hall–Kier alpha value is -1.85. The monoisotopic (exact) mass is 315 g/mol. The number of hydrogen-bond donors (Lipinski definition) is 2. The van der Waals surface area contributed by atoms with Gasteiger partial charge in [0.1, 0.15) is 5.75 Å². The van der Waals surface area contributed by atoms with Crippen molar-refractivity contribution in [2.24, 2.45) is 0 Å². The number of hydrogen-bond acceptors (Lipinski definition) is 4. The van der Waals surface area contributed by atoms with E-state index >= 15 is 0 Å². The molecule has 2 aromatic rings. The highest BCUT2D eigenvalue weighted by Gasteiger charge is 2.25. The van der Waals surface area contributed by atoms with Crippen molar-refractivity contribution in [2.45, 2.75) is 45.4 Å². The van der Waals surface area contributed by atoms with Gasteiger partial charge in [0.25, 0.3) is 0 Å². The topological polar surface area (TPSA) is 61.4 Å². The molecule has 0 spiro atoms. The zero-order valence-corrected chi connectivity index (χ0v) is 13.7. The molecule has 1 aromatic heterocycles. The van der Waals surface area contributed by atoms with Crippen molar-refractivity contribution in [2.75, 3.05) is 13.2 Å². The molecule has 0 amide bonds. The van der Waals surface area contributed by atoms with Gasteiger partial charge >= 0.3 is 0 Å². The van der Waals surface area contributed by atoms with Gasteiger partial charge in [-0.15, -0.1) is 0 Å². The maximum absolute atomic E-state index is 9.57. The minimum Gasteiger partial charge on any atom is -0.494 e. The van der Waals surface area contributed by atoms with E-state index in [4.69, 9.17) is 4.74 Å². The standard InChI is InChI=1S/C18H25N3O2/c1-2-23-18-7-6-14(11-15(18)13-22)12-21-10-4-3-5-17(21)16-8-9-19-20-16/h6-9,11,17,22H,2-5,10,12-13H2,1H3,(H,19,20)/t17-/m0/s1. The lowest BCUT2D eigenvalue weighted by Crippen LogP contribution is -2.33. The van der Waals surface area contributed by atoms with Gasteiger partial charge in [-0.1, -0.05) is 12.5 Å². The first-order valence-electron chi connectivity index (χ1n) is 8.40. The number of aromatic amines is 1. The van der Waals surface area contributed by atoms with Crippen LogP contribution in [0.2, 0.25) is 0 Å². The van der Waals surface area contributed by atoms with E-state index in [0.29, 0.717) is 12.6 Å². The van der Waals surface area contributed by atoms with E-state index in [-0.39, 0.29) is 6.61 Å². The molecule has 1 fully saturated rings. The predicted octanol–water partition coefficient (Wildman–Crippen LogP) is 3.03. The number of piperidine rings is 1. The minimum atomic E-state index is 0.00709. The molecule has 0 aliphatic carbocycles. The van der Waals surface area contributed by atoms with E-state index in [2.05, 4.69) is 33.3 Å². The zero-order chi connectivity index (χ0) is 16.1. The van der Waals surface area contributed by atoms with Crippen LogP contribution in [0.15, 0.2) is 30.5 Å². The van der Waals surface area contributed by atoms with Crippen molar-refractivity contribution in [1.29, 1.82) is 0 Å². The third-order valence-corrected chi connectivity index (χ3v) is 4.48. The molecule has 2 N–H and O–H groups in total. The van der Waals surface area contributed by atoms with E-state index in [0.717, 1.165) is 30.8 Å². The molecule has 3 rings (SSSR count). The summed E-state index contributed by atoms with van der Waals surface area (Å²) in [6.45, 7) is 4.54. The van der Waals surface area contributed by atoms with Crippen LogP contribution in [0.5, 0.6) is 5.75 Å². The van der Waals surface area contributed by atoms with Crippen molar-refractivity contribution in [3.05, 3.63) is 47.3 Å². The number of H-pyrrole nitrogens is 1. The molecule has 0 radical (unpaired) electrons. The molecule has 124 valence electrons. The summed E-state index contributed by atoms with van der Waals surface area (Å²) in [4.78, 5) is 2.49. The Bertz CT molecular complexity index is 613. The van der Waals surface area contributed by atoms with Gasteiger partial charge < -0.3 is 9.84 Å². The maximum atomic E-state index is 9.57. The van der Waals surface area contributed by atoms with E-state index in [9.17, 15) is 5.11 Å². The second-order valence-corrected chi connectivity index (χ2v) is 6.03. The fraction of sp³-hybridized carbons (Fsp3) is 0.500. The van der Waals surface area contributed by atoms with E-state index < -0.39 is 0 Å². The van der Waals surface area contributed by atoms with Crippen LogP contribution >= 0.6 is 0 Å². The molecule has 0 bridgehead atoms. The van der Waals surface area contributed by atoms with Crippen LogP contribution in [-0.2, 0) is 13.2 Å². The molecule has 0 saturated carbocycles. The van der Waals surface area contributed by atoms with Gasteiger partial charge in [-0.25, -0.2) is 0 Å². The van der Waals surface area contributed by atoms with E-state index in [1.165, 1.54) is 24.1 Å². The van der Waals surface area contributed by atoms with Crippen molar-refractivity contribution in [3.8, 4) is 5.75 Å². The maximum Gasteiger partial charge on any atom is 0.124 e. The SMILES string of the molecule is CCOc1ccc(CN2CCCC[C@H]2c2ccn[nH]2)cc1CO. The number of likely N-dealkylation sites (tertiary alicyclic amines) is 1. The molecular formula is C18H25N3O2. The molecule has 2 heterocycles. The highest BCUT2D eigenvalue weighted by atomic mass is 16.5. The Kier molecular flexibility index (Phi) is 5.31. The number of nitrogens with zero attached hydrogens (tertiary/aromatic N) is 2. The van der Waals surface area contributed by atoms with Crippen molar-refractivity contribution in [1.82, 2.24) is 15.1 Å². The Morgan fingerprint density at radius 2 is 2.26 bits per heavy atom.